The first-order chi connectivity index (χ1) is 7.27. The van der Waals surface area contributed by atoms with Gasteiger partial charge in [0.1, 0.15) is 0 Å². The number of rotatable bonds is 6. The van der Waals surface area contributed by atoms with Crippen LogP contribution in [0.2, 0.25) is 0 Å². The van der Waals surface area contributed by atoms with Gasteiger partial charge in [-0.1, -0.05) is 12.1 Å². The minimum atomic E-state index is 0.436. The molecular weight excluding hydrogens is 222 g/mol. The molecule has 0 saturated heterocycles. The second-order valence-corrected chi connectivity index (χ2v) is 5.58. The summed E-state index contributed by atoms with van der Waals surface area (Å²) < 4.78 is 0. The van der Waals surface area contributed by atoms with Crippen LogP contribution in [-0.2, 0) is 0 Å². The Balaban J connectivity index is 2.57. The molecule has 0 spiro atoms. The molecule has 1 N–H and O–H groups in total. The van der Waals surface area contributed by atoms with Crippen LogP contribution in [0.25, 0.3) is 0 Å². The third-order valence-electron chi connectivity index (χ3n) is 2.35. The van der Waals surface area contributed by atoms with Crippen molar-refractivity contribution < 1.29 is 0 Å². The van der Waals surface area contributed by atoms with Crippen molar-refractivity contribution in [2.45, 2.75) is 17.9 Å². The normalized spacial score (nSPS) is 12.7. The second-order valence-electron chi connectivity index (χ2n) is 3.42. The Morgan fingerprint density at radius 2 is 2.13 bits per heavy atom. The van der Waals surface area contributed by atoms with Crippen molar-refractivity contribution in [3.05, 3.63) is 29.8 Å². The van der Waals surface area contributed by atoms with E-state index in [-0.39, 0.29) is 0 Å². The van der Waals surface area contributed by atoms with Crippen molar-refractivity contribution in [2.75, 3.05) is 24.8 Å². The minimum Gasteiger partial charge on any atom is -0.313 e. The molecule has 1 aromatic carbocycles. The Bertz CT molecular complexity index is 289. The van der Waals surface area contributed by atoms with Crippen molar-refractivity contribution >= 4 is 23.5 Å². The van der Waals surface area contributed by atoms with E-state index in [0.717, 1.165) is 0 Å². The van der Waals surface area contributed by atoms with Crippen molar-refractivity contribution in [1.29, 1.82) is 0 Å². The molecule has 1 unspecified atom stereocenters. The van der Waals surface area contributed by atoms with E-state index in [1.54, 1.807) is 0 Å². The molecule has 0 fully saturated rings. The molecule has 0 aromatic heterocycles. The van der Waals surface area contributed by atoms with Crippen LogP contribution in [0, 0.1) is 0 Å². The molecule has 1 aromatic rings. The van der Waals surface area contributed by atoms with E-state index in [4.69, 9.17) is 0 Å². The molecule has 84 valence electrons. The van der Waals surface area contributed by atoms with Crippen molar-refractivity contribution in [2.24, 2.45) is 0 Å². The topological polar surface area (TPSA) is 12.0 Å². The molecule has 1 atom stereocenters. The summed E-state index contributed by atoms with van der Waals surface area (Å²) in [6.07, 6.45) is 2.15. The minimum absolute atomic E-state index is 0.436. The Kier molecular flexibility index (Phi) is 6.22. The number of hydrogen-bond donors (Lipinski definition) is 1. The highest BCUT2D eigenvalue weighted by Crippen LogP contribution is 2.22. The average Bonchev–Trinajstić information content (AvgIpc) is 2.29. The highest BCUT2D eigenvalue weighted by atomic mass is 32.2. The lowest BCUT2D eigenvalue weighted by atomic mass is 10.1. The molecule has 0 aliphatic carbocycles. The number of hydrogen-bond acceptors (Lipinski definition) is 3. The number of benzene rings is 1. The summed E-state index contributed by atoms with van der Waals surface area (Å²) in [4.78, 5) is 1.38. The first-order valence-electron chi connectivity index (χ1n) is 5.17. The molecule has 0 bridgehead atoms. The van der Waals surface area contributed by atoms with Crippen molar-refractivity contribution in [3.63, 3.8) is 0 Å². The largest absolute Gasteiger partial charge is 0.313 e. The standard InChI is InChI=1S/C12H19NS2/c1-10(13-2)11-5-4-6-12(9-11)15-8-7-14-3/h4-6,9-10,13H,7-8H2,1-3H3. The van der Waals surface area contributed by atoms with Gasteiger partial charge in [-0.2, -0.15) is 11.8 Å². The third kappa shape index (κ3) is 4.49. The van der Waals surface area contributed by atoms with E-state index >= 15 is 0 Å². The molecule has 15 heavy (non-hydrogen) atoms. The van der Waals surface area contributed by atoms with Gasteiger partial charge in [0.05, 0.1) is 0 Å². The van der Waals surface area contributed by atoms with Gasteiger partial charge in [-0.15, -0.1) is 11.8 Å². The van der Waals surface area contributed by atoms with Gasteiger partial charge in [0.15, 0.2) is 0 Å². The Hall–Kier alpha value is -0.120. The fourth-order valence-corrected chi connectivity index (χ4v) is 2.91. The lowest BCUT2D eigenvalue weighted by molar-refractivity contribution is 0.651. The molecule has 1 rings (SSSR count). The Morgan fingerprint density at radius 1 is 1.33 bits per heavy atom. The molecule has 1 nitrogen and oxygen atoms in total. The molecule has 0 aliphatic rings. The SMILES string of the molecule is CNC(C)c1cccc(SCCSC)c1. The zero-order valence-electron chi connectivity index (χ0n) is 9.62. The molecule has 3 heteroatoms. The fraction of sp³-hybridized carbons (Fsp3) is 0.500. The zero-order valence-corrected chi connectivity index (χ0v) is 11.3. The lowest BCUT2D eigenvalue weighted by Gasteiger charge is -2.11. The van der Waals surface area contributed by atoms with Gasteiger partial charge >= 0.3 is 0 Å². The highest BCUT2D eigenvalue weighted by Gasteiger charge is 2.02. The molecule has 0 heterocycles. The van der Waals surface area contributed by atoms with Crippen LogP contribution >= 0.6 is 23.5 Å². The van der Waals surface area contributed by atoms with Gasteiger partial charge in [0.25, 0.3) is 0 Å². The third-order valence-corrected chi connectivity index (χ3v) is 4.21. The summed E-state index contributed by atoms with van der Waals surface area (Å²) in [5.41, 5.74) is 1.37. The van der Waals surface area contributed by atoms with Gasteiger partial charge in [0.2, 0.25) is 0 Å². The van der Waals surface area contributed by atoms with Gasteiger partial charge in [-0.3, -0.25) is 0 Å². The fourth-order valence-electron chi connectivity index (χ4n) is 1.28. The van der Waals surface area contributed by atoms with Gasteiger partial charge in [0, 0.05) is 22.4 Å². The van der Waals surface area contributed by atoms with E-state index in [9.17, 15) is 0 Å². The maximum Gasteiger partial charge on any atom is 0.0289 e. The van der Waals surface area contributed by atoms with E-state index in [0.29, 0.717) is 6.04 Å². The van der Waals surface area contributed by atoms with Gasteiger partial charge < -0.3 is 5.32 Å². The Labute approximate surface area is 101 Å². The van der Waals surface area contributed by atoms with Crippen LogP contribution in [0.5, 0.6) is 0 Å². The zero-order chi connectivity index (χ0) is 11.1. The maximum atomic E-state index is 3.26. The predicted octanol–water partition coefficient (Wildman–Crippen LogP) is 3.42. The summed E-state index contributed by atoms with van der Waals surface area (Å²) in [6, 6.07) is 9.24. The van der Waals surface area contributed by atoms with Crippen LogP contribution in [0.4, 0.5) is 0 Å². The monoisotopic (exact) mass is 241 g/mol. The maximum absolute atomic E-state index is 3.26. The van der Waals surface area contributed by atoms with E-state index < -0.39 is 0 Å². The smallest absolute Gasteiger partial charge is 0.0289 e. The predicted molar refractivity (Wildman–Crippen MR) is 73.0 cm³/mol. The van der Waals surface area contributed by atoms with Crippen molar-refractivity contribution in [3.8, 4) is 0 Å². The van der Waals surface area contributed by atoms with Gasteiger partial charge in [-0.05, 0) is 37.9 Å². The lowest BCUT2D eigenvalue weighted by Crippen LogP contribution is -2.12. The average molecular weight is 241 g/mol. The molecule has 0 aliphatic heterocycles. The number of thioether (sulfide) groups is 2. The summed E-state index contributed by atoms with van der Waals surface area (Å²) in [6.45, 7) is 2.19. The summed E-state index contributed by atoms with van der Waals surface area (Å²) in [7, 11) is 2.00. The number of nitrogens with one attached hydrogen (secondary N) is 1. The van der Waals surface area contributed by atoms with Crippen LogP contribution in [-0.4, -0.2) is 24.8 Å². The van der Waals surface area contributed by atoms with Crippen LogP contribution in [0.1, 0.15) is 18.5 Å². The second kappa shape index (κ2) is 7.20. The Morgan fingerprint density at radius 3 is 2.80 bits per heavy atom. The van der Waals surface area contributed by atoms with E-state index in [1.807, 2.05) is 30.6 Å². The van der Waals surface area contributed by atoms with Crippen LogP contribution in [0.3, 0.4) is 0 Å². The van der Waals surface area contributed by atoms with E-state index in [1.165, 1.54) is 22.0 Å². The highest BCUT2D eigenvalue weighted by molar-refractivity contribution is 8.02. The first kappa shape index (κ1) is 12.9. The summed E-state index contributed by atoms with van der Waals surface area (Å²) >= 11 is 3.84. The molecule has 0 radical (unpaired) electrons. The van der Waals surface area contributed by atoms with Crippen LogP contribution < -0.4 is 5.32 Å². The van der Waals surface area contributed by atoms with Gasteiger partial charge in [-0.25, -0.2) is 0 Å². The van der Waals surface area contributed by atoms with E-state index in [2.05, 4.69) is 42.8 Å². The molecule has 0 saturated carbocycles. The summed E-state index contributed by atoms with van der Waals surface area (Å²) in [5, 5.41) is 3.26. The van der Waals surface area contributed by atoms with Crippen LogP contribution in [0.15, 0.2) is 29.2 Å². The molecule has 0 amide bonds. The van der Waals surface area contributed by atoms with Crippen molar-refractivity contribution in [1.82, 2.24) is 5.32 Å². The first-order valence-corrected chi connectivity index (χ1v) is 7.55. The quantitative estimate of drug-likeness (QED) is 0.605. The summed E-state index contributed by atoms with van der Waals surface area (Å²) in [5.74, 6) is 2.41. The molecular formula is C12H19NS2.